The van der Waals surface area contributed by atoms with Gasteiger partial charge >= 0.3 is 0 Å². The predicted molar refractivity (Wildman–Crippen MR) is 74.6 cm³/mol. The van der Waals surface area contributed by atoms with Gasteiger partial charge in [-0.1, -0.05) is 30.3 Å². The van der Waals surface area contributed by atoms with E-state index in [1.165, 1.54) is 6.07 Å². The summed E-state index contributed by atoms with van der Waals surface area (Å²) in [6.45, 7) is 3.63. The molecule has 0 aliphatic rings. The Morgan fingerprint density at radius 1 is 1.11 bits per heavy atom. The van der Waals surface area contributed by atoms with Crippen LogP contribution >= 0.6 is 0 Å². The van der Waals surface area contributed by atoms with Crippen molar-refractivity contribution in [3.8, 4) is 5.75 Å². The number of benzene rings is 2. The summed E-state index contributed by atoms with van der Waals surface area (Å²) in [6.07, 6.45) is -0.188. The van der Waals surface area contributed by atoms with Crippen LogP contribution in [0.4, 0.5) is 4.39 Å². The van der Waals surface area contributed by atoms with Crippen LogP contribution in [-0.4, -0.2) is 6.10 Å². The molecule has 2 aromatic rings. The quantitative estimate of drug-likeness (QED) is 0.910. The van der Waals surface area contributed by atoms with Crippen LogP contribution in [0.15, 0.2) is 48.5 Å². The third-order valence-electron chi connectivity index (χ3n) is 3.14. The zero-order valence-electron chi connectivity index (χ0n) is 11.1. The molecule has 0 radical (unpaired) electrons. The molecule has 0 heterocycles. The molecule has 0 aliphatic heterocycles. The topological polar surface area (TPSA) is 35.2 Å². The first-order valence-corrected chi connectivity index (χ1v) is 6.31. The molecule has 3 heteroatoms. The number of hydrogen-bond donors (Lipinski definition) is 1. The summed E-state index contributed by atoms with van der Waals surface area (Å²) in [7, 11) is 0. The maximum atomic E-state index is 13.2. The second kappa shape index (κ2) is 5.85. The van der Waals surface area contributed by atoms with Gasteiger partial charge in [-0.2, -0.15) is 0 Å². The average Bonchev–Trinajstić information content (AvgIpc) is 2.43. The summed E-state index contributed by atoms with van der Waals surface area (Å²) in [5, 5.41) is 0. The van der Waals surface area contributed by atoms with Crippen LogP contribution in [-0.2, 0) is 0 Å². The van der Waals surface area contributed by atoms with E-state index in [1.54, 1.807) is 19.1 Å². The van der Waals surface area contributed by atoms with Crippen molar-refractivity contribution in [2.45, 2.75) is 26.0 Å². The highest BCUT2D eigenvalue weighted by atomic mass is 19.1. The average molecular weight is 259 g/mol. The van der Waals surface area contributed by atoms with Gasteiger partial charge in [0.1, 0.15) is 17.7 Å². The Balaban J connectivity index is 2.08. The van der Waals surface area contributed by atoms with Crippen molar-refractivity contribution < 1.29 is 9.13 Å². The number of hydrogen-bond acceptors (Lipinski definition) is 2. The van der Waals surface area contributed by atoms with Crippen LogP contribution in [0.5, 0.6) is 5.75 Å². The van der Waals surface area contributed by atoms with Crippen molar-refractivity contribution >= 4 is 0 Å². The molecule has 2 N–H and O–H groups in total. The maximum Gasteiger partial charge on any atom is 0.126 e. The molecule has 2 rings (SSSR count). The lowest BCUT2D eigenvalue weighted by molar-refractivity contribution is 0.190. The Labute approximate surface area is 113 Å². The summed E-state index contributed by atoms with van der Waals surface area (Å²) in [5.74, 6) is 0.408. The third-order valence-corrected chi connectivity index (χ3v) is 3.14. The summed E-state index contributed by atoms with van der Waals surface area (Å²) in [4.78, 5) is 0. The van der Waals surface area contributed by atoms with Gasteiger partial charge in [-0.25, -0.2) is 4.39 Å². The van der Waals surface area contributed by atoms with Crippen molar-refractivity contribution in [3.63, 3.8) is 0 Å². The van der Waals surface area contributed by atoms with E-state index in [0.29, 0.717) is 11.3 Å². The minimum Gasteiger partial charge on any atom is -0.489 e. The van der Waals surface area contributed by atoms with Gasteiger partial charge in [0.05, 0.1) is 6.04 Å². The van der Waals surface area contributed by atoms with Crippen molar-refractivity contribution in [2.24, 2.45) is 5.73 Å². The molecule has 19 heavy (non-hydrogen) atoms. The van der Waals surface area contributed by atoms with Crippen LogP contribution in [0.2, 0.25) is 0 Å². The minimum atomic E-state index is -0.229. The Kier molecular flexibility index (Phi) is 4.17. The Morgan fingerprint density at radius 3 is 2.42 bits per heavy atom. The molecule has 0 amide bonds. The smallest absolute Gasteiger partial charge is 0.126 e. The number of halogens is 1. The molecular formula is C16H18FNO. The second-order valence-corrected chi connectivity index (χ2v) is 4.67. The van der Waals surface area contributed by atoms with Gasteiger partial charge in [0, 0.05) is 0 Å². The third kappa shape index (κ3) is 3.32. The van der Waals surface area contributed by atoms with Crippen molar-refractivity contribution in [1.82, 2.24) is 0 Å². The lowest BCUT2D eigenvalue weighted by Crippen LogP contribution is -2.28. The van der Waals surface area contributed by atoms with Crippen LogP contribution in [0.3, 0.4) is 0 Å². The largest absolute Gasteiger partial charge is 0.489 e. The molecule has 0 aliphatic carbocycles. The van der Waals surface area contributed by atoms with Gasteiger partial charge in [-0.15, -0.1) is 0 Å². The number of rotatable bonds is 4. The van der Waals surface area contributed by atoms with Crippen LogP contribution in [0, 0.1) is 12.7 Å². The van der Waals surface area contributed by atoms with E-state index in [4.69, 9.17) is 10.5 Å². The van der Waals surface area contributed by atoms with Gasteiger partial charge in [0.2, 0.25) is 0 Å². The number of aryl methyl sites for hydroxylation is 1. The minimum absolute atomic E-state index is 0.188. The van der Waals surface area contributed by atoms with E-state index >= 15 is 0 Å². The van der Waals surface area contributed by atoms with Gasteiger partial charge in [0.25, 0.3) is 0 Å². The fourth-order valence-electron chi connectivity index (χ4n) is 1.92. The predicted octanol–water partition coefficient (Wildman–Crippen LogP) is 3.60. The number of ether oxygens (including phenoxy) is 1. The molecule has 0 bridgehead atoms. The van der Waals surface area contributed by atoms with E-state index in [-0.39, 0.29) is 18.0 Å². The summed E-state index contributed by atoms with van der Waals surface area (Å²) < 4.78 is 19.0. The van der Waals surface area contributed by atoms with E-state index in [1.807, 2.05) is 37.3 Å². The lowest BCUT2D eigenvalue weighted by atomic mass is 10.0. The molecule has 2 nitrogen and oxygen atoms in total. The zero-order chi connectivity index (χ0) is 13.8. The summed E-state index contributed by atoms with van der Waals surface area (Å²) >= 11 is 0. The Morgan fingerprint density at radius 2 is 1.79 bits per heavy atom. The summed E-state index contributed by atoms with van der Waals surface area (Å²) in [5.41, 5.74) is 7.74. The van der Waals surface area contributed by atoms with E-state index in [9.17, 15) is 4.39 Å². The fourth-order valence-corrected chi connectivity index (χ4v) is 1.92. The van der Waals surface area contributed by atoms with E-state index < -0.39 is 0 Å². The first-order valence-electron chi connectivity index (χ1n) is 6.31. The highest BCUT2D eigenvalue weighted by Crippen LogP contribution is 2.22. The van der Waals surface area contributed by atoms with Crippen molar-refractivity contribution in [1.29, 1.82) is 0 Å². The highest BCUT2D eigenvalue weighted by Gasteiger charge is 2.16. The Hall–Kier alpha value is -1.87. The Bertz CT molecular complexity index is 542. The normalized spacial score (nSPS) is 13.9. The second-order valence-electron chi connectivity index (χ2n) is 4.67. The fraction of sp³-hybridized carbons (Fsp3) is 0.250. The van der Waals surface area contributed by atoms with E-state index in [0.717, 1.165) is 5.56 Å². The molecule has 0 fully saturated rings. The van der Waals surface area contributed by atoms with Crippen molar-refractivity contribution in [3.05, 3.63) is 65.5 Å². The van der Waals surface area contributed by atoms with Gasteiger partial charge in [-0.3, -0.25) is 0 Å². The number of nitrogens with two attached hydrogens (primary N) is 1. The molecule has 2 unspecified atom stereocenters. The lowest BCUT2D eigenvalue weighted by Gasteiger charge is -2.22. The van der Waals surface area contributed by atoms with Gasteiger partial charge in [0.15, 0.2) is 0 Å². The molecule has 2 atom stereocenters. The maximum absolute atomic E-state index is 13.2. The van der Waals surface area contributed by atoms with Crippen LogP contribution < -0.4 is 10.5 Å². The molecule has 2 aromatic carbocycles. The molecule has 0 saturated carbocycles. The first kappa shape index (κ1) is 13.6. The standard InChI is InChI=1S/C16H18FNO/c1-11-10-14(8-9-15(11)17)19-12(2)16(18)13-6-4-3-5-7-13/h3-10,12,16H,18H2,1-2H3. The molecule has 100 valence electrons. The van der Waals surface area contributed by atoms with Crippen molar-refractivity contribution in [2.75, 3.05) is 0 Å². The molecule has 0 saturated heterocycles. The monoisotopic (exact) mass is 259 g/mol. The zero-order valence-corrected chi connectivity index (χ0v) is 11.1. The van der Waals surface area contributed by atoms with Gasteiger partial charge in [-0.05, 0) is 43.2 Å². The van der Waals surface area contributed by atoms with Gasteiger partial charge < -0.3 is 10.5 Å². The van der Waals surface area contributed by atoms with Crippen LogP contribution in [0.1, 0.15) is 24.1 Å². The van der Waals surface area contributed by atoms with E-state index in [2.05, 4.69) is 0 Å². The first-order chi connectivity index (χ1) is 9.08. The molecule has 0 spiro atoms. The molecule has 0 aromatic heterocycles. The SMILES string of the molecule is Cc1cc(OC(C)C(N)c2ccccc2)ccc1F. The molecular weight excluding hydrogens is 241 g/mol. The highest BCUT2D eigenvalue weighted by molar-refractivity contribution is 5.29. The van der Waals surface area contributed by atoms with Crippen LogP contribution in [0.25, 0.3) is 0 Å². The summed E-state index contributed by atoms with van der Waals surface area (Å²) in [6, 6.07) is 14.3.